The highest BCUT2D eigenvalue weighted by Crippen LogP contribution is 2.46. The molecule has 5 aromatic carbocycles. The fourth-order valence-electron chi connectivity index (χ4n) is 7.29. The maximum Gasteiger partial charge on any atom is 0.416 e. The molecule has 298 valence electrons. The molecule has 0 N–H and O–H groups in total. The number of rotatable bonds is 4. The van der Waals surface area contributed by atoms with Gasteiger partial charge in [0.15, 0.2) is 18.5 Å². The summed E-state index contributed by atoms with van der Waals surface area (Å²) < 4.78 is 183. The number of hydrogen-bond donors (Lipinski definition) is 0. The second-order valence-electron chi connectivity index (χ2n) is 14.2. The van der Waals surface area contributed by atoms with Crippen molar-refractivity contribution in [3.63, 3.8) is 0 Å². The Morgan fingerprint density at radius 1 is 0.544 bits per heavy atom. The molecule has 2 aliphatic rings. The maximum absolute atomic E-state index is 14.1. The van der Waals surface area contributed by atoms with E-state index >= 15 is 0 Å². The molecule has 3 nitrogen and oxygen atoms in total. The number of fused-ring (bicyclic) bond motifs is 3. The SMILES string of the molecule is CC1(C)OC[C@H]([N+]2=Cc3c(-c4cc(C(F)(F)F)cc(C(F)(F)F)c4)cccc3-c3cccc(-c4cc(C(F)(F)F)cc(C(F)(F)F)c4)c3C2)[C@H](c2ccccc2)O1. The zero-order chi connectivity index (χ0) is 41.3. The molecule has 2 heterocycles. The number of alkyl halides is 12. The zero-order valence-corrected chi connectivity index (χ0v) is 29.8. The molecule has 0 aromatic heterocycles. The molecule has 0 radical (unpaired) electrons. The summed E-state index contributed by atoms with van der Waals surface area (Å²) in [5.74, 6) is -1.13. The Kier molecular flexibility index (Phi) is 9.87. The monoisotopic (exact) mass is 808 g/mol. The lowest BCUT2D eigenvalue weighted by atomic mass is 9.87. The van der Waals surface area contributed by atoms with E-state index in [-0.39, 0.29) is 58.7 Å². The molecule has 2 atom stereocenters. The van der Waals surface area contributed by atoms with Gasteiger partial charge in [0.2, 0.25) is 6.04 Å². The molecule has 0 unspecified atom stereocenters. The molecule has 1 fully saturated rings. The first-order valence-corrected chi connectivity index (χ1v) is 17.3. The fraction of sp³-hybridized carbons (Fsp3) is 0.262. The Balaban J connectivity index is 1.53. The van der Waals surface area contributed by atoms with Gasteiger partial charge in [-0.3, -0.25) is 0 Å². The smallest absolute Gasteiger partial charge is 0.343 e. The zero-order valence-electron chi connectivity index (χ0n) is 29.8. The summed E-state index contributed by atoms with van der Waals surface area (Å²) in [7, 11) is 0. The van der Waals surface area contributed by atoms with E-state index in [4.69, 9.17) is 9.47 Å². The predicted molar refractivity (Wildman–Crippen MR) is 186 cm³/mol. The van der Waals surface area contributed by atoms with Crippen LogP contribution < -0.4 is 0 Å². The second-order valence-corrected chi connectivity index (χ2v) is 14.2. The summed E-state index contributed by atoms with van der Waals surface area (Å²) in [4.78, 5) is 0. The van der Waals surface area contributed by atoms with Crippen LogP contribution in [0.25, 0.3) is 33.4 Å². The van der Waals surface area contributed by atoms with Crippen LogP contribution in [0.15, 0.2) is 103 Å². The van der Waals surface area contributed by atoms with Crippen molar-refractivity contribution in [1.82, 2.24) is 0 Å². The highest BCUT2D eigenvalue weighted by molar-refractivity contribution is 5.99. The van der Waals surface area contributed by atoms with E-state index in [2.05, 4.69) is 0 Å². The molecule has 7 rings (SSSR count). The van der Waals surface area contributed by atoms with Crippen molar-refractivity contribution in [2.45, 2.75) is 63.0 Å². The quantitative estimate of drug-likeness (QED) is 0.133. The van der Waals surface area contributed by atoms with E-state index in [9.17, 15) is 52.7 Å². The highest BCUT2D eigenvalue weighted by atomic mass is 19.4. The first kappa shape index (κ1) is 40.1. The van der Waals surface area contributed by atoms with Gasteiger partial charge in [0, 0.05) is 5.56 Å². The van der Waals surface area contributed by atoms with Gasteiger partial charge in [0.05, 0.1) is 27.8 Å². The number of ether oxygens (including phenoxy) is 2. The largest absolute Gasteiger partial charge is 0.416 e. The lowest BCUT2D eigenvalue weighted by Crippen LogP contribution is -2.49. The maximum atomic E-state index is 14.1. The molecule has 0 bridgehead atoms. The minimum Gasteiger partial charge on any atom is -0.343 e. The van der Waals surface area contributed by atoms with Gasteiger partial charge >= 0.3 is 24.7 Å². The van der Waals surface area contributed by atoms with Crippen molar-refractivity contribution in [3.8, 4) is 33.4 Å². The number of hydrogen-bond acceptors (Lipinski definition) is 2. The van der Waals surface area contributed by atoms with Crippen molar-refractivity contribution in [2.75, 3.05) is 6.61 Å². The third kappa shape index (κ3) is 8.17. The van der Waals surface area contributed by atoms with Crippen LogP contribution in [-0.4, -0.2) is 29.2 Å². The molecule has 0 aliphatic carbocycles. The number of benzene rings is 5. The first-order chi connectivity index (χ1) is 26.5. The predicted octanol–water partition coefficient (Wildman–Crippen LogP) is 12.6. The molecule has 0 saturated carbocycles. The van der Waals surface area contributed by atoms with E-state index in [0.717, 1.165) is 0 Å². The standard InChI is InChI=1S/C42H30F12NO2/c1-38(2)56-22-36(37(57-38)23-8-4-3-5-9-23)55-20-34-30(24-14-26(39(43,44)45)18-27(15-24)40(46,47)48)10-6-12-32(34)33-13-7-11-31(35(33)21-55)25-16-28(41(49,50)51)19-29(17-25)42(52,53)54/h3-20,36-37H,21-22H2,1-2H3/q+1/t36-,37-/m0/s1. The molecular weight excluding hydrogens is 778 g/mol. The van der Waals surface area contributed by atoms with Crippen molar-refractivity contribution in [3.05, 3.63) is 142 Å². The number of halogens is 12. The van der Waals surface area contributed by atoms with E-state index in [0.29, 0.717) is 29.8 Å². The van der Waals surface area contributed by atoms with Crippen LogP contribution in [0, 0.1) is 0 Å². The van der Waals surface area contributed by atoms with Gasteiger partial charge in [0.25, 0.3) is 0 Å². The average Bonchev–Trinajstić information content (AvgIpc) is 3.30. The molecule has 5 aromatic rings. The molecule has 0 amide bonds. The minimum absolute atomic E-state index is 0.00981. The van der Waals surface area contributed by atoms with Gasteiger partial charge in [-0.2, -0.15) is 52.7 Å². The Morgan fingerprint density at radius 3 is 1.51 bits per heavy atom. The topological polar surface area (TPSA) is 21.5 Å². The summed E-state index contributed by atoms with van der Waals surface area (Å²) in [6, 6.07) is 19.0. The van der Waals surface area contributed by atoms with E-state index in [1.165, 1.54) is 42.6 Å². The molecular formula is C42H30F12NO2+. The molecule has 15 heteroatoms. The van der Waals surface area contributed by atoms with Crippen LogP contribution in [0.2, 0.25) is 0 Å². The van der Waals surface area contributed by atoms with Crippen LogP contribution in [-0.2, 0) is 40.7 Å². The first-order valence-electron chi connectivity index (χ1n) is 17.3. The van der Waals surface area contributed by atoms with Gasteiger partial charge in [-0.15, -0.1) is 0 Å². The van der Waals surface area contributed by atoms with Gasteiger partial charge in [-0.05, 0) is 89.2 Å². The van der Waals surface area contributed by atoms with Crippen molar-refractivity contribution in [2.24, 2.45) is 0 Å². The summed E-state index contributed by atoms with van der Waals surface area (Å²) in [5.41, 5.74) is -5.58. The van der Waals surface area contributed by atoms with Gasteiger partial charge in [-0.25, -0.2) is 4.58 Å². The van der Waals surface area contributed by atoms with Crippen LogP contribution in [0.5, 0.6) is 0 Å². The van der Waals surface area contributed by atoms with Crippen LogP contribution in [0.4, 0.5) is 52.7 Å². The lowest BCUT2D eigenvalue weighted by Gasteiger charge is -2.39. The fourth-order valence-corrected chi connectivity index (χ4v) is 7.29. The van der Waals surface area contributed by atoms with Crippen LogP contribution in [0.1, 0.15) is 58.9 Å². The second kappa shape index (κ2) is 14.0. The van der Waals surface area contributed by atoms with Gasteiger partial charge in [0.1, 0.15) is 12.7 Å². The Hall–Kier alpha value is -5.15. The third-order valence-corrected chi connectivity index (χ3v) is 9.92. The molecule has 57 heavy (non-hydrogen) atoms. The van der Waals surface area contributed by atoms with E-state index in [1.54, 1.807) is 48.8 Å². The van der Waals surface area contributed by atoms with Crippen molar-refractivity contribution in [1.29, 1.82) is 0 Å². The average molecular weight is 809 g/mol. The summed E-state index contributed by atoms with van der Waals surface area (Å²) >= 11 is 0. The van der Waals surface area contributed by atoms with Gasteiger partial charge < -0.3 is 9.47 Å². The summed E-state index contributed by atoms with van der Waals surface area (Å²) in [6.07, 6.45) is -19.9. The summed E-state index contributed by atoms with van der Waals surface area (Å²) in [6.45, 7) is 3.07. The van der Waals surface area contributed by atoms with Crippen LogP contribution >= 0.6 is 0 Å². The Labute approximate surface area is 317 Å². The van der Waals surface area contributed by atoms with E-state index in [1.807, 2.05) is 0 Å². The van der Waals surface area contributed by atoms with E-state index < -0.39 is 76.0 Å². The summed E-state index contributed by atoms with van der Waals surface area (Å²) in [5, 5.41) is 0. The lowest BCUT2D eigenvalue weighted by molar-refractivity contribution is -0.607. The number of nitrogens with zero attached hydrogens (tertiary/aromatic N) is 1. The van der Waals surface area contributed by atoms with Crippen LogP contribution in [0.3, 0.4) is 0 Å². The Bertz CT molecular complexity index is 2290. The van der Waals surface area contributed by atoms with Crippen molar-refractivity contribution < 1.29 is 66.7 Å². The molecule has 2 aliphatic heterocycles. The highest BCUT2D eigenvalue weighted by Gasteiger charge is 2.45. The Morgan fingerprint density at radius 2 is 1.00 bits per heavy atom. The van der Waals surface area contributed by atoms with Gasteiger partial charge in [-0.1, -0.05) is 66.7 Å². The molecule has 0 spiro atoms. The third-order valence-electron chi connectivity index (χ3n) is 9.92. The minimum atomic E-state index is -5.16. The van der Waals surface area contributed by atoms with Crippen molar-refractivity contribution >= 4 is 6.21 Å². The normalized spacial score (nSPS) is 18.7. The molecule has 1 saturated heterocycles.